The molecule has 1 aromatic rings. The van der Waals surface area contributed by atoms with Gasteiger partial charge < -0.3 is 39.0 Å². The summed E-state index contributed by atoms with van der Waals surface area (Å²) in [4.78, 5) is 15.9. The van der Waals surface area contributed by atoms with Gasteiger partial charge in [0.2, 0.25) is 0 Å². The van der Waals surface area contributed by atoms with E-state index in [2.05, 4.69) is 11.8 Å². The SMILES string of the molecule is CCN1C[C@]2(COC)[C@H](O)C[C@H](OC)C34C1C([C@H](OC)[C@@H]32)[C@@]1(O)C[C@H](OC)[C@]2(O)C[C@@H]4[C@@H]1[C@@H]2OC(=O)c1ccccc1. The highest BCUT2D eigenvalue weighted by molar-refractivity contribution is 5.89. The van der Waals surface area contributed by atoms with Gasteiger partial charge in [-0.1, -0.05) is 25.1 Å². The number of ether oxygens (including phenoxy) is 5. The summed E-state index contributed by atoms with van der Waals surface area (Å²) in [5, 5.41) is 37.6. The number of rotatable bonds is 8. The van der Waals surface area contributed by atoms with Crippen molar-refractivity contribution < 1.29 is 43.8 Å². The lowest BCUT2D eigenvalue weighted by molar-refractivity contribution is -0.298. The number of aliphatic hydroxyl groups excluding tert-OH is 1. The van der Waals surface area contributed by atoms with Gasteiger partial charge in [0.25, 0.3) is 0 Å². The minimum absolute atomic E-state index is 0.130. The molecule has 3 unspecified atom stereocenters. The topological polar surface area (TPSA) is 127 Å². The molecule has 10 heteroatoms. The second kappa shape index (κ2) is 9.68. The van der Waals surface area contributed by atoms with Gasteiger partial charge in [0, 0.05) is 82.5 Å². The number of nitrogens with zero attached hydrogens (tertiary/aromatic N) is 1. The van der Waals surface area contributed by atoms with Crippen LogP contribution in [0.4, 0.5) is 0 Å². The van der Waals surface area contributed by atoms with Crippen molar-refractivity contribution in [3.05, 3.63) is 35.9 Å². The van der Waals surface area contributed by atoms with E-state index in [0.29, 0.717) is 31.7 Å². The highest BCUT2D eigenvalue weighted by atomic mass is 16.6. The predicted octanol–water partition coefficient (Wildman–Crippen LogP) is 1.11. The Kier molecular flexibility index (Phi) is 6.71. The maximum Gasteiger partial charge on any atom is 0.338 e. The van der Waals surface area contributed by atoms with Gasteiger partial charge in [0.15, 0.2) is 0 Å². The molecule has 6 aliphatic rings. The van der Waals surface area contributed by atoms with Gasteiger partial charge in [0.05, 0.1) is 42.2 Å². The van der Waals surface area contributed by atoms with Gasteiger partial charge in [0.1, 0.15) is 11.7 Å². The molecule has 5 saturated carbocycles. The second-order valence-corrected chi connectivity index (χ2v) is 13.8. The minimum atomic E-state index is -1.51. The fourth-order valence-electron chi connectivity index (χ4n) is 11.8. The van der Waals surface area contributed by atoms with Crippen LogP contribution < -0.4 is 0 Å². The molecule has 0 amide bonds. The zero-order chi connectivity index (χ0) is 29.8. The van der Waals surface area contributed by atoms with Crippen molar-refractivity contribution in [2.45, 2.75) is 73.9 Å². The molecule has 1 heterocycles. The van der Waals surface area contributed by atoms with E-state index >= 15 is 0 Å². The number of likely N-dealkylation sites (tertiary alicyclic amines) is 1. The van der Waals surface area contributed by atoms with Crippen LogP contribution in [0.2, 0.25) is 0 Å². The quantitative estimate of drug-likeness (QED) is 0.381. The van der Waals surface area contributed by atoms with Crippen molar-refractivity contribution in [2.75, 3.05) is 48.1 Å². The molecule has 1 aromatic carbocycles. The highest BCUT2D eigenvalue weighted by Crippen LogP contribution is 2.80. The van der Waals surface area contributed by atoms with Crippen molar-refractivity contribution in [1.29, 1.82) is 0 Å². The van der Waals surface area contributed by atoms with E-state index in [4.69, 9.17) is 23.7 Å². The third kappa shape index (κ3) is 3.20. The van der Waals surface area contributed by atoms with E-state index in [9.17, 15) is 20.1 Å². The van der Waals surface area contributed by atoms with E-state index in [0.717, 1.165) is 0 Å². The standard InChI is InChI=1S/C32H45NO9/c1-6-33-15-29(16-38-2)19(34)12-20(39-3)32-18-13-30(36)21(40-4)14-31(37,23(26(32)33)24(41-5)25(29)32)22(18)27(30)42-28(35)17-10-8-7-9-11-17/h7-11,18-27,34,36-37H,6,12-16H2,1-5H3/t18-,19-,20+,21+,22-,23?,24+,25-,26?,27+,29+,30-,31-,32?/m1/s1. The maximum absolute atomic E-state index is 13.5. The average Bonchev–Trinajstić information content (AvgIpc) is 3.37. The van der Waals surface area contributed by atoms with Crippen molar-refractivity contribution in [3.8, 4) is 0 Å². The van der Waals surface area contributed by atoms with Crippen LogP contribution in [0.1, 0.15) is 36.5 Å². The maximum atomic E-state index is 13.5. The first-order valence-electron chi connectivity index (χ1n) is 15.3. The molecule has 7 bridgehead atoms. The third-order valence-electron chi connectivity index (χ3n) is 12.8. The average molecular weight is 588 g/mol. The van der Waals surface area contributed by atoms with E-state index < -0.39 is 64.3 Å². The first kappa shape index (κ1) is 29.1. The lowest BCUT2D eigenvalue weighted by Crippen LogP contribution is -2.79. The predicted molar refractivity (Wildman–Crippen MR) is 150 cm³/mol. The number of fused-ring (bicyclic) bond motifs is 2. The molecular weight excluding hydrogens is 542 g/mol. The Hall–Kier alpha value is -1.63. The fourth-order valence-corrected chi connectivity index (χ4v) is 11.8. The molecule has 14 atom stereocenters. The number of carbonyl (C=O) groups is 1. The van der Waals surface area contributed by atoms with Crippen LogP contribution in [0.3, 0.4) is 0 Å². The zero-order valence-corrected chi connectivity index (χ0v) is 25.1. The normalized spacial score (nSPS) is 51.9. The number of carbonyl (C=O) groups excluding carboxylic acids is 1. The molecule has 1 saturated heterocycles. The van der Waals surface area contributed by atoms with Crippen molar-refractivity contribution in [1.82, 2.24) is 4.90 Å². The van der Waals surface area contributed by atoms with Crippen LogP contribution in [0.15, 0.2) is 30.3 Å². The van der Waals surface area contributed by atoms with Crippen LogP contribution in [-0.2, 0) is 23.7 Å². The zero-order valence-electron chi connectivity index (χ0n) is 25.1. The summed E-state index contributed by atoms with van der Waals surface area (Å²) in [5.74, 6) is -2.02. The fraction of sp³-hybridized carbons (Fsp3) is 0.781. The van der Waals surface area contributed by atoms with Gasteiger partial charge >= 0.3 is 5.97 Å². The molecule has 6 fully saturated rings. The smallest absolute Gasteiger partial charge is 0.338 e. The number of benzene rings is 1. The molecule has 42 heavy (non-hydrogen) atoms. The van der Waals surface area contributed by atoms with Crippen LogP contribution >= 0.6 is 0 Å². The Morgan fingerprint density at radius 2 is 1.69 bits per heavy atom. The highest BCUT2D eigenvalue weighted by Gasteiger charge is 2.89. The molecule has 3 N–H and O–H groups in total. The van der Waals surface area contributed by atoms with Crippen LogP contribution in [0.5, 0.6) is 0 Å². The van der Waals surface area contributed by atoms with Crippen molar-refractivity contribution in [2.24, 2.45) is 34.5 Å². The van der Waals surface area contributed by atoms with Gasteiger partial charge in [-0.15, -0.1) is 0 Å². The summed E-state index contributed by atoms with van der Waals surface area (Å²) in [6.07, 6.45) is -2.36. The Bertz CT molecular complexity index is 1220. The summed E-state index contributed by atoms with van der Waals surface area (Å²) in [7, 11) is 6.60. The Labute approximate surface area is 247 Å². The number of piperidine rings is 1. The molecule has 5 aliphatic carbocycles. The van der Waals surface area contributed by atoms with Crippen molar-refractivity contribution >= 4 is 5.97 Å². The number of methoxy groups -OCH3 is 4. The van der Waals surface area contributed by atoms with Gasteiger partial charge in [-0.05, 0) is 31.0 Å². The summed E-state index contributed by atoms with van der Waals surface area (Å²) in [6.45, 7) is 3.76. The Morgan fingerprint density at radius 3 is 2.31 bits per heavy atom. The monoisotopic (exact) mass is 587 g/mol. The van der Waals surface area contributed by atoms with E-state index in [1.165, 1.54) is 0 Å². The molecule has 7 rings (SSSR count). The third-order valence-corrected chi connectivity index (χ3v) is 12.8. The van der Waals surface area contributed by atoms with Crippen LogP contribution in [0, 0.1) is 34.5 Å². The van der Waals surface area contributed by atoms with Gasteiger partial charge in [-0.3, -0.25) is 4.90 Å². The number of hydrogen-bond acceptors (Lipinski definition) is 10. The molecule has 0 radical (unpaired) electrons. The molecule has 10 nitrogen and oxygen atoms in total. The van der Waals surface area contributed by atoms with Crippen molar-refractivity contribution in [3.63, 3.8) is 0 Å². The largest absolute Gasteiger partial charge is 0.455 e. The molecular formula is C32H45NO9. The molecule has 1 spiro atoms. The van der Waals surface area contributed by atoms with Crippen LogP contribution in [-0.4, -0.2) is 122 Å². The second-order valence-electron chi connectivity index (χ2n) is 13.8. The minimum Gasteiger partial charge on any atom is -0.455 e. The number of hydrogen-bond donors (Lipinski definition) is 3. The Morgan fingerprint density at radius 1 is 0.976 bits per heavy atom. The summed E-state index contributed by atoms with van der Waals surface area (Å²) >= 11 is 0. The van der Waals surface area contributed by atoms with Crippen LogP contribution in [0.25, 0.3) is 0 Å². The summed E-state index contributed by atoms with van der Waals surface area (Å²) in [5.41, 5.74) is -3.77. The van der Waals surface area contributed by atoms with E-state index in [1.54, 1.807) is 52.7 Å². The van der Waals surface area contributed by atoms with Gasteiger partial charge in [-0.25, -0.2) is 4.79 Å². The number of esters is 1. The molecule has 0 aromatic heterocycles. The Balaban J connectivity index is 1.46. The van der Waals surface area contributed by atoms with Gasteiger partial charge in [-0.2, -0.15) is 0 Å². The first-order valence-corrected chi connectivity index (χ1v) is 15.3. The first-order chi connectivity index (χ1) is 20.1. The summed E-state index contributed by atoms with van der Waals surface area (Å²) in [6, 6.07) is 8.63. The van der Waals surface area contributed by atoms with E-state index in [1.807, 2.05) is 6.07 Å². The lowest BCUT2D eigenvalue weighted by atomic mass is 9.42. The molecule has 232 valence electrons. The lowest BCUT2D eigenvalue weighted by Gasteiger charge is -2.70. The van der Waals surface area contributed by atoms with E-state index in [-0.39, 0.29) is 36.8 Å². The molecule has 1 aliphatic heterocycles. The summed E-state index contributed by atoms with van der Waals surface area (Å²) < 4.78 is 30.8. The number of aliphatic hydroxyl groups is 3.